The van der Waals surface area contributed by atoms with Gasteiger partial charge >= 0.3 is 6.18 Å². The van der Waals surface area contributed by atoms with E-state index in [0.29, 0.717) is 6.54 Å². The van der Waals surface area contributed by atoms with Gasteiger partial charge < -0.3 is 14.8 Å². The van der Waals surface area contributed by atoms with Crippen LogP contribution in [-0.2, 0) is 13.1 Å². The summed E-state index contributed by atoms with van der Waals surface area (Å²) in [6.07, 6.45) is -0.779. The monoisotopic (exact) mass is 343 g/mol. The summed E-state index contributed by atoms with van der Waals surface area (Å²) < 4.78 is 48.4. The molecule has 2 rings (SSSR count). The summed E-state index contributed by atoms with van der Waals surface area (Å²) in [5.74, 6) is 0.349. The number of methoxy groups -OCH3 is 1. The van der Waals surface area contributed by atoms with Gasteiger partial charge in [0.25, 0.3) is 0 Å². The van der Waals surface area contributed by atoms with Gasteiger partial charge in [-0.1, -0.05) is 6.07 Å². The average molecular weight is 343 g/mol. The second kappa shape index (κ2) is 8.05. The fraction of sp³-hybridized carbons (Fsp3) is 0.438. The Hall–Kier alpha value is -2.22. The van der Waals surface area contributed by atoms with Crippen molar-refractivity contribution in [3.05, 3.63) is 42.2 Å². The molecule has 0 spiro atoms. The molecule has 1 aromatic carbocycles. The molecule has 1 heterocycles. The zero-order valence-corrected chi connectivity index (χ0v) is 13.5. The standard InChI is InChI=1S/C16H20F3N3O2/c1-12(10-22-7-3-6-21-22)20-9-13-4-5-14(15(8-13)23-2)24-11-16(17,18)19/h3-8,12,20H,9-11H2,1-2H3/t12-/m1/s1. The van der Waals surface area contributed by atoms with Crippen LogP contribution in [0, 0.1) is 0 Å². The van der Waals surface area contributed by atoms with E-state index in [2.05, 4.69) is 10.4 Å². The van der Waals surface area contributed by atoms with E-state index in [9.17, 15) is 13.2 Å². The molecule has 0 unspecified atom stereocenters. The summed E-state index contributed by atoms with van der Waals surface area (Å²) in [6, 6.07) is 6.90. The lowest BCUT2D eigenvalue weighted by molar-refractivity contribution is -0.153. The van der Waals surface area contributed by atoms with Crippen LogP contribution in [0.15, 0.2) is 36.7 Å². The van der Waals surface area contributed by atoms with Gasteiger partial charge in [-0.15, -0.1) is 0 Å². The molecule has 1 N–H and O–H groups in total. The SMILES string of the molecule is COc1cc(CN[C@H](C)Cn2cccn2)ccc1OCC(F)(F)F. The third kappa shape index (κ3) is 5.77. The van der Waals surface area contributed by atoms with Crippen molar-refractivity contribution < 1.29 is 22.6 Å². The van der Waals surface area contributed by atoms with Crippen LogP contribution in [0.3, 0.4) is 0 Å². The first-order valence-corrected chi connectivity index (χ1v) is 7.44. The number of rotatable bonds is 8. The molecule has 0 aliphatic rings. The fourth-order valence-corrected chi connectivity index (χ4v) is 2.15. The summed E-state index contributed by atoms with van der Waals surface area (Å²) in [4.78, 5) is 0. The minimum atomic E-state index is -4.38. The Morgan fingerprint density at radius 1 is 1.29 bits per heavy atom. The maximum Gasteiger partial charge on any atom is 0.422 e. The zero-order valence-electron chi connectivity index (χ0n) is 13.5. The van der Waals surface area contributed by atoms with Gasteiger partial charge in [0.2, 0.25) is 0 Å². The first-order chi connectivity index (χ1) is 11.4. The lowest BCUT2D eigenvalue weighted by atomic mass is 10.2. The predicted molar refractivity (Wildman–Crippen MR) is 83.1 cm³/mol. The minimum Gasteiger partial charge on any atom is -0.493 e. The summed E-state index contributed by atoms with van der Waals surface area (Å²) in [7, 11) is 1.40. The second-order valence-electron chi connectivity index (χ2n) is 5.40. The van der Waals surface area contributed by atoms with E-state index in [1.54, 1.807) is 18.3 Å². The third-order valence-electron chi connectivity index (χ3n) is 3.29. The van der Waals surface area contributed by atoms with Gasteiger partial charge in [0.1, 0.15) is 0 Å². The van der Waals surface area contributed by atoms with Gasteiger partial charge in [-0.2, -0.15) is 18.3 Å². The Morgan fingerprint density at radius 3 is 2.71 bits per heavy atom. The van der Waals surface area contributed by atoms with E-state index >= 15 is 0 Å². The molecule has 0 fully saturated rings. The smallest absolute Gasteiger partial charge is 0.422 e. The van der Waals surface area contributed by atoms with Crippen molar-refractivity contribution in [2.45, 2.75) is 32.2 Å². The number of hydrogen-bond acceptors (Lipinski definition) is 4. The zero-order chi connectivity index (χ0) is 17.6. The number of alkyl halides is 3. The van der Waals surface area contributed by atoms with E-state index in [1.165, 1.54) is 13.2 Å². The first kappa shape index (κ1) is 18.1. The van der Waals surface area contributed by atoms with Crippen LogP contribution in [-0.4, -0.2) is 35.7 Å². The van der Waals surface area contributed by atoms with E-state index in [4.69, 9.17) is 9.47 Å². The number of benzene rings is 1. The molecule has 1 atom stereocenters. The molecule has 2 aromatic rings. The number of hydrogen-bond donors (Lipinski definition) is 1. The van der Waals surface area contributed by atoms with Crippen LogP contribution >= 0.6 is 0 Å². The largest absolute Gasteiger partial charge is 0.493 e. The lowest BCUT2D eigenvalue weighted by Gasteiger charge is -2.16. The third-order valence-corrected chi connectivity index (χ3v) is 3.29. The molecule has 0 aliphatic carbocycles. The Kier molecular flexibility index (Phi) is 6.08. The molecule has 0 saturated heterocycles. The molecule has 0 amide bonds. The van der Waals surface area contributed by atoms with Crippen molar-refractivity contribution in [2.75, 3.05) is 13.7 Å². The molecule has 0 radical (unpaired) electrons. The average Bonchev–Trinajstić information content (AvgIpc) is 3.03. The summed E-state index contributed by atoms with van der Waals surface area (Å²) >= 11 is 0. The Morgan fingerprint density at radius 2 is 2.08 bits per heavy atom. The highest BCUT2D eigenvalue weighted by Gasteiger charge is 2.29. The highest BCUT2D eigenvalue weighted by molar-refractivity contribution is 5.43. The Bertz CT molecular complexity index is 630. The van der Waals surface area contributed by atoms with Crippen molar-refractivity contribution in [3.63, 3.8) is 0 Å². The molecular weight excluding hydrogens is 323 g/mol. The number of nitrogens with one attached hydrogen (secondary N) is 1. The highest BCUT2D eigenvalue weighted by atomic mass is 19.4. The number of nitrogens with zero attached hydrogens (tertiary/aromatic N) is 2. The maximum absolute atomic E-state index is 12.2. The molecule has 1 aromatic heterocycles. The predicted octanol–water partition coefficient (Wildman–Crippen LogP) is 3.01. The topological polar surface area (TPSA) is 48.3 Å². The molecular formula is C16H20F3N3O2. The van der Waals surface area contributed by atoms with E-state index < -0.39 is 12.8 Å². The van der Waals surface area contributed by atoms with Crippen LogP contribution in [0.4, 0.5) is 13.2 Å². The van der Waals surface area contributed by atoms with Crippen LogP contribution in [0.1, 0.15) is 12.5 Å². The van der Waals surface area contributed by atoms with Crippen molar-refractivity contribution in [3.8, 4) is 11.5 Å². The van der Waals surface area contributed by atoms with Crippen LogP contribution in [0.2, 0.25) is 0 Å². The van der Waals surface area contributed by atoms with Crippen LogP contribution < -0.4 is 14.8 Å². The minimum absolute atomic E-state index is 0.0724. The van der Waals surface area contributed by atoms with Gasteiger partial charge in [0.05, 0.1) is 13.7 Å². The van der Waals surface area contributed by atoms with Crippen LogP contribution in [0.25, 0.3) is 0 Å². The Balaban J connectivity index is 1.91. The van der Waals surface area contributed by atoms with Crippen molar-refractivity contribution in [1.82, 2.24) is 15.1 Å². The van der Waals surface area contributed by atoms with Gasteiger partial charge in [-0.05, 0) is 30.7 Å². The van der Waals surface area contributed by atoms with Gasteiger partial charge in [-0.3, -0.25) is 4.68 Å². The molecule has 0 saturated carbocycles. The van der Waals surface area contributed by atoms with E-state index in [1.807, 2.05) is 23.9 Å². The normalized spacial score (nSPS) is 12.9. The number of aromatic nitrogens is 2. The van der Waals surface area contributed by atoms with Crippen molar-refractivity contribution >= 4 is 0 Å². The lowest BCUT2D eigenvalue weighted by Crippen LogP contribution is -2.30. The summed E-state index contributed by atoms with van der Waals surface area (Å²) in [5, 5.41) is 7.47. The van der Waals surface area contributed by atoms with Gasteiger partial charge in [0, 0.05) is 25.0 Å². The highest BCUT2D eigenvalue weighted by Crippen LogP contribution is 2.29. The fourth-order valence-electron chi connectivity index (χ4n) is 2.15. The van der Waals surface area contributed by atoms with Crippen molar-refractivity contribution in [2.24, 2.45) is 0 Å². The molecule has 24 heavy (non-hydrogen) atoms. The van der Waals surface area contributed by atoms with E-state index in [-0.39, 0.29) is 17.5 Å². The number of ether oxygens (including phenoxy) is 2. The first-order valence-electron chi connectivity index (χ1n) is 7.44. The summed E-state index contributed by atoms with van der Waals surface area (Å²) in [6.45, 7) is 1.96. The maximum atomic E-state index is 12.2. The molecule has 8 heteroatoms. The number of halogens is 3. The molecule has 132 valence electrons. The quantitative estimate of drug-likeness (QED) is 0.800. The molecule has 0 aliphatic heterocycles. The van der Waals surface area contributed by atoms with E-state index in [0.717, 1.165) is 12.1 Å². The second-order valence-corrected chi connectivity index (χ2v) is 5.40. The summed E-state index contributed by atoms with van der Waals surface area (Å²) in [5.41, 5.74) is 0.888. The van der Waals surface area contributed by atoms with Crippen molar-refractivity contribution in [1.29, 1.82) is 0 Å². The van der Waals surface area contributed by atoms with Gasteiger partial charge in [-0.25, -0.2) is 0 Å². The van der Waals surface area contributed by atoms with Crippen LogP contribution in [0.5, 0.6) is 11.5 Å². The Labute approximate surface area is 138 Å². The molecule has 0 bridgehead atoms. The van der Waals surface area contributed by atoms with Gasteiger partial charge in [0.15, 0.2) is 18.1 Å². The molecule has 5 nitrogen and oxygen atoms in total.